The van der Waals surface area contributed by atoms with E-state index in [-0.39, 0.29) is 12.4 Å². The standard InChI is InChI=1S/C7H14FN.ClH/c1-9-7(8)5-3-2-4-6-7;/h9H,2-6H2,1H3;1H. The van der Waals surface area contributed by atoms with Crippen molar-refractivity contribution in [3.05, 3.63) is 0 Å². The molecule has 0 aromatic rings. The molecule has 0 aliphatic heterocycles. The Bertz CT molecular complexity index is 91.6. The smallest absolute Gasteiger partial charge is 0.161 e. The van der Waals surface area contributed by atoms with Crippen LogP contribution in [0.1, 0.15) is 32.1 Å². The van der Waals surface area contributed by atoms with Crippen LogP contribution in [0.5, 0.6) is 0 Å². The van der Waals surface area contributed by atoms with Gasteiger partial charge in [0.15, 0.2) is 5.79 Å². The Morgan fingerprint density at radius 2 is 1.70 bits per heavy atom. The van der Waals surface area contributed by atoms with E-state index in [2.05, 4.69) is 5.32 Å². The van der Waals surface area contributed by atoms with Gasteiger partial charge in [-0.1, -0.05) is 6.42 Å². The van der Waals surface area contributed by atoms with Gasteiger partial charge >= 0.3 is 0 Å². The number of alkyl halides is 1. The molecule has 62 valence electrons. The Hall–Kier alpha value is 0.180. The largest absolute Gasteiger partial charge is 0.288 e. The summed E-state index contributed by atoms with van der Waals surface area (Å²) in [4.78, 5) is 0. The van der Waals surface area contributed by atoms with Crippen molar-refractivity contribution >= 4 is 12.4 Å². The molecule has 0 saturated heterocycles. The monoisotopic (exact) mass is 167 g/mol. The zero-order valence-corrected chi connectivity index (χ0v) is 7.14. The van der Waals surface area contributed by atoms with E-state index in [1.807, 2.05) is 0 Å². The van der Waals surface area contributed by atoms with Crippen LogP contribution in [0, 0.1) is 0 Å². The minimum atomic E-state index is -1.03. The van der Waals surface area contributed by atoms with Crippen molar-refractivity contribution in [2.45, 2.75) is 37.9 Å². The summed E-state index contributed by atoms with van der Waals surface area (Å²) in [7, 11) is 1.70. The lowest BCUT2D eigenvalue weighted by Crippen LogP contribution is -2.39. The summed E-state index contributed by atoms with van der Waals surface area (Å²) in [6.07, 6.45) is 4.68. The maximum absolute atomic E-state index is 13.2. The molecule has 0 spiro atoms. The maximum atomic E-state index is 13.2. The molecule has 0 bridgehead atoms. The SMILES string of the molecule is CNC1(F)CCCCC1.Cl. The van der Waals surface area contributed by atoms with Gasteiger partial charge in [-0.15, -0.1) is 12.4 Å². The number of hydrogen-bond acceptors (Lipinski definition) is 1. The topological polar surface area (TPSA) is 12.0 Å². The number of hydrogen-bond donors (Lipinski definition) is 1. The molecule has 0 atom stereocenters. The highest BCUT2D eigenvalue weighted by atomic mass is 35.5. The molecule has 0 unspecified atom stereocenters. The Kier molecular flexibility index (Phi) is 4.22. The van der Waals surface area contributed by atoms with Gasteiger partial charge in [-0.05, 0) is 32.7 Å². The van der Waals surface area contributed by atoms with Crippen molar-refractivity contribution in [1.82, 2.24) is 5.32 Å². The maximum Gasteiger partial charge on any atom is 0.161 e. The molecule has 3 heteroatoms. The summed E-state index contributed by atoms with van der Waals surface area (Å²) >= 11 is 0. The third-order valence-electron chi connectivity index (χ3n) is 2.09. The molecule has 1 N–H and O–H groups in total. The van der Waals surface area contributed by atoms with Crippen LogP contribution in [0.3, 0.4) is 0 Å². The summed E-state index contributed by atoms with van der Waals surface area (Å²) < 4.78 is 13.2. The van der Waals surface area contributed by atoms with Crippen molar-refractivity contribution in [3.8, 4) is 0 Å². The summed E-state index contributed by atoms with van der Waals surface area (Å²) in [5.41, 5.74) is 0. The Labute approximate surface area is 67.8 Å². The molecule has 1 nitrogen and oxygen atoms in total. The lowest BCUT2D eigenvalue weighted by Gasteiger charge is -2.28. The molecule has 0 aromatic carbocycles. The van der Waals surface area contributed by atoms with Gasteiger partial charge in [0.25, 0.3) is 0 Å². The zero-order valence-electron chi connectivity index (χ0n) is 6.32. The van der Waals surface area contributed by atoms with E-state index in [9.17, 15) is 4.39 Å². The summed E-state index contributed by atoms with van der Waals surface area (Å²) in [6, 6.07) is 0. The van der Waals surface area contributed by atoms with Crippen molar-refractivity contribution in [3.63, 3.8) is 0 Å². The molecule has 1 aliphatic carbocycles. The lowest BCUT2D eigenvalue weighted by molar-refractivity contribution is 0.0763. The van der Waals surface area contributed by atoms with Gasteiger partial charge < -0.3 is 0 Å². The second-order valence-corrected chi connectivity index (χ2v) is 2.78. The molecule has 0 amide bonds. The molecular weight excluding hydrogens is 153 g/mol. The highest BCUT2D eigenvalue weighted by Gasteiger charge is 2.28. The van der Waals surface area contributed by atoms with Crippen molar-refractivity contribution < 1.29 is 4.39 Å². The lowest BCUT2D eigenvalue weighted by atomic mass is 9.93. The highest BCUT2D eigenvalue weighted by molar-refractivity contribution is 5.85. The highest BCUT2D eigenvalue weighted by Crippen LogP contribution is 2.28. The minimum absolute atomic E-state index is 0. The van der Waals surface area contributed by atoms with Crippen LogP contribution in [-0.4, -0.2) is 12.8 Å². The number of rotatable bonds is 1. The summed E-state index contributed by atoms with van der Waals surface area (Å²) in [5.74, 6) is -1.03. The second kappa shape index (κ2) is 4.14. The molecule has 0 radical (unpaired) electrons. The van der Waals surface area contributed by atoms with Gasteiger partial charge in [0.1, 0.15) is 0 Å². The first kappa shape index (κ1) is 10.2. The van der Waals surface area contributed by atoms with Gasteiger partial charge in [-0.25, -0.2) is 4.39 Å². The van der Waals surface area contributed by atoms with Gasteiger partial charge in [0, 0.05) is 0 Å². The third kappa shape index (κ3) is 2.43. The van der Waals surface area contributed by atoms with Gasteiger partial charge in [0.05, 0.1) is 0 Å². The average molecular weight is 168 g/mol. The van der Waals surface area contributed by atoms with Crippen molar-refractivity contribution in [2.75, 3.05) is 7.05 Å². The van der Waals surface area contributed by atoms with Crippen LogP contribution in [-0.2, 0) is 0 Å². The fraction of sp³-hybridized carbons (Fsp3) is 1.00. The first-order chi connectivity index (χ1) is 4.27. The van der Waals surface area contributed by atoms with Crippen LogP contribution in [0.4, 0.5) is 4.39 Å². The first-order valence-corrected chi connectivity index (χ1v) is 3.65. The minimum Gasteiger partial charge on any atom is -0.288 e. The van der Waals surface area contributed by atoms with E-state index in [0.717, 1.165) is 12.8 Å². The normalized spacial score (nSPS) is 23.4. The van der Waals surface area contributed by atoms with Crippen LogP contribution >= 0.6 is 12.4 Å². The van der Waals surface area contributed by atoms with E-state index in [1.165, 1.54) is 6.42 Å². The summed E-state index contributed by atoms with van der Waals surface area (Å²) in [5, 5.41) is 2.71. The first-order valence-electron chi connectivity index (χ1n) is 3.65. The number of halogens is 2. The van der Waals surface area contributed by atoms with Gasteiger partial charge in [-0.2, -0.15) is 0 Å². The molecule has 1 aliphatic rings. The molecule has 1 rings (SSSR count). The molecule has 10 heavy (non-hydrogen) atoms. The fourth-order valence-electron chi connectivity index (χ4n) is 1.36. The number of nitrogens with one attached hydrogen (secondary N) is 1. The van der Waals surface area contributed by atoms with E-state index < -0.39 is 5.79 Å². The summed E-state index contributed by atoms with van der Waals surface area (Å²) in [6.45, 7) is 0. The predicted octanol–water partition coefficient (Wildman–Crippen LogP) is 2.26. The third-order valence-corrected chi connectivity index (χ3v) is 2.09. The Morgan fingerprint density at radius 3 is 2.00 bits per heavy atom. The molecule has 1 fully saturated rings. The van der Waals surface area contributed by atoms with Crippen LogP contribution < -0.4 is 5.32 Å². The van der Waals surface area contributed by atoms with E-state index in [1.54, 1.807) is 7.05 Å². The van der Waals surface area contributed by atoms with Gasteiger partial charge in [-0.3, -0.25) is 5.32 Å². The van der Waals surface area contributed by atoms with Crippen molar-refractivity contribution in [2.24, 2.45) is 0 Å². The zero-order chi connectivity index (χ0) is 6.74. The molecule has 0 aromatic heterocycles. The van der Waals surface area contributed by atoms with Gasteiger partial charge in [0.2, 0.25) is 0 Å². The fourth-order valence-corrected chi connectivity index (χ4v) is 1.36. The van der Waals surface area contributed by atoms with E-state index >= 15 is 0 Å². The Balaban J connectivity index is 0.000000810. The van der Waals surface area contributed by atoms with E-state index in [0.29, 0.717) is 12.8 Å². The van der Waals surface area contributed by atoms with E-state index in [4.69, 9.17) is 0 Å². The molecule has 1 saturated carbocycles. The molecular formula is C7H15ClFN. The molecule has 0 heterocycles. The predicted molar refractivity (Wildman–Crippen MR) is 43.2 cm³/mol. The van der Waals surface area contributed by atoms with Crippen LogP contribution in [0.25, 0.3) is 0 Å². The average Bonchev–Trinajstić information content (AvgIpc) is 1.90. The van der Waals surface area contributed by atoms with Crippen molar-refractivity contribution in [1.29, 1.82) is 0 Å². The Morgan fingerprint density at radius 1 is 1.20 bits per heavy atom. The van der Waals surface area contributed by atoms with Crippen LogP contribution in [0.2, 0.25) is 0 Å². The second-order valence-electron chi connectivity index (χ2n) is 2.78. The van der Waals surface area contributed by atoms with Crippen LogP contribution in [0.15, 0.2) is 0 Å². The quantitative estimate of drug-likeness (QED) is 0.591.